The highest BCUT2D eigenvalue weighted by Gasteiger charge is 2.27. The molecule has 1 saturated heterocycles. The first kappa shape index (κ1) is 24.7. The number of halogens is 2. The fraction of sp³-hybridized carbons (Fsp3) is 0.316. The molecule has 32 heavy (non-hydrogen) atoms. The third kappa shape index (κ3) is 5.72. The molecule has 0 saturated carbocycles. The molecule has 1 N–H and O–H groups in total. The van der Waals surface area contributed by atoms with E-state index in [1.165, 1.54) is 46.8 Å². The van der Waals surface area contributed by atoms with Crippen LogP contribution in [0.15, 0.2) is 47.4 Å². The molecule has 9 nitrogen and oxygen atoms in total. The zero-order chi connectivity index (χ0) is 23.5. The summed E-state index contributed by atoms with van der Waals surface area (Å²) in [6.07, 6.45) is 0.947. The molecule has 3 rings (SSSR count). The van der Waals surface area contributed by atoms with Gasteiger partial charge in [-0.05, 0) is 36.4 Å². The maximum atomic E-state index is 12.7. The second-order valence-corrected chi connectivity index (χ2v) is 11.6. The molecule has 0 atom stereocenters. The highest BCUT2D eigenvalue weighted by atomic mass is 35.5. The van der Waals surface area contributed by atoms with E-state index in [1.807, 2.05) is 0 Å². The van der Waals surface area contributed by atoms with Gasteiger partial charge in [0.15, 0.2) is 0 Å². The fourth-order valence-corrected chi connectivity index (χ4v) is 5.76. The third-order valence-electron chi connectivity index (χ3n) is 4.63. The van der Waals surface area contributed by atoms with Crippen LogP contribution in [0.4, 0.5) is 11.4 Å². The van der Waals surface area contributed by atoms with Crippen molar-refractivity contribution in [1.29, 1.82) is 0 Å². The summed E-state index contributed by atoms with van der Waals surface area (Å²) in [6.45, 7) is 0.664. The molecule has 0 aliphatic carbocycles. The van der Waals surface area contributed by atoms with E-state index < -0.39 is 32.5 Å². The van der Waals surface area contributed by atoms with Gasteiger partial charge in [-0.3, -0.25) is 9.10 Å². The average molecular weight is 522 g/mol. The molecular weight excluding hydrogens is 501 g/mol. The van der Waals surface area contributed by atoms with E-state index in [-0.39, 0.29) is 33.7 Å². The van der Waals surface area contributed by atoms with Crippen LogP contribution in [0.5, 0.6) is 0 Å². The van der Waals surface area contributed by atoms with Gasteiger partial charge in [0.2, 0.25) is 26.0 Å². The number of sulfonamides is 2. The predicted octanol–water partition coefficient (Wildman–Crippen LogP) is 2.42. The monoisotopic (exact) mass is 521 g/mol. The molecule has 1 fully saturated rings. The molecule has 174 valence electrons. The number of ether oxygens (including phenoxy) is 1. The Bertz CT molecular complexity index is 1200. The van der Waals surface area contributed by atoms with Crippen molar-refractivity contribution in [3.63, 3.8) is 0 Å². The molecule has 2 aromatic carbocycles. The van der Waals surface area contributed by atoms with E-state index >= 15 is 0 Å². The number of hydrogen-bond acceptors (Lipinski definition) is 6. The van der Waals surface area contributed by atoms with Gasteiger partial charge in [0.1, 0.15) is 6.54 Å². The van der Waals surface area contributed by atoms with Gasteiger partial charge in [-0.2, -0.15) is 4.31 Å². The number of anilines is 2. The normalized spacial score (nSPS) is 15.3. The highest BCUT2D eigenvalue weighted by Crippen LogP contribution is 2.33. The number of carbonyl (C=O) groups excluding carboxylic acids is 1. The van der Waals surface area contributed by atoms with E-state index in [2.05, 4.69) is 5.32 Å². The molecule has 0 bridgehead atoms. The Morgan fingerprint density at radius 1 is 1.06 bits per heavy atom. The van der Waals surface area contributed by atoms with E-state index in [0.29, 0.717) is 18.9 Å². The van der Waals surface area contributed by atoms with Crippen LogP contribution in [0.25, 0.3) is 0 Å². The van der Waals surface area contributed by atoms with Crippen molar-refractivity contribution in [2.24, 2.45) is 0 Å². The van der Waals surface area contributed by atoms with Gasteiger partial charge in [-0.1, -0.05) is 29.3 Å². The summed E-state index contributed by atoms with van der Waals surface area (Å²) >= 11 is 12.1. The molecular formula is C19H21Cl2N3O6S2. The van der Waals surface area contributed by atoms with E-state index in [0.717, 1.165) is 10.6 Å². The van der Waals surface area contributed by atoms with E-state index in [9.17, 15) is 21.6 Å². The zero-order valence-electron chi connectivity index (χ0n) is 17.0. The molecule has 0 aromatic heterocycles. The minimum Gasteiger partial charge on any atom is -0.379 e. The number of carbonyl (C=O) groups is 1. The molecule has 0 unspecified atom stereocenters. The standard InChI is InChI=1S/C19H21Cl2N3O6S2/c1-31(26,27)24(17-4-2-3-16(20)19(17)21)13-18(25)22-14-5-7-15(8-6-14)32(28,29)23-9-11-30-12-10-23/h2-8H,9-13H2,1H3,(H,22,25). The first-order valence-corrected chi connectivity index (χ1v) is 13.4. The first-order chi connectivity index (χ1) is 15.0. The third-order valence-corrected chi connectivity index (χ3v) is 8.48. The van der Waals surface area contributed by atoms with Crippen molar-refractivity contribution in [3.05, 3.63) is 52.5 Å². The molecule has 1 aliphatic heterocycles. The van der Waals surface area contributed by atoms with Gasteiger partial charge in [-0.15, -0.1) is 0 Å². The lowest BCUT2D eigenvalue weighted by Crippen LogP contribution is -2.40. The molecule has 1 heterocycles. The van der Waals surface area contributed by atoms with Gasteiger partial charge in [0, 0.05) is 18.8 Å². The summed E-state index contributed by atoms with van der Waals surface area (Å²) in [5.41, 5.74) is 0.380. The van der Waals surface area contributed by atoms with Crippen LogP contribution >= 0.6 is 23.2 Å². The van der Waals surface area contributed by atoms with Gasteiger partial charge in [0.25, 0.3) is 0 Å². The first-order valence-electron chi connectivity index (χ1n) is 9.39. The smallest absolute Gasteiger partial charge is 0.245 e. The van der Waals surface area contributed by atoms with Crippen LogP contribution in [-0.2, 0) is 29.6 Å². The van der Waals surface area contributed by atoms with E-state index in [1.54, 1.807) is 0 Å². The summed E-state index contributed by atoms with van der Waals surface area (Å²) in [4.78, 5) is 12.6. The Hall–Kier alpha value is -1.89. The van der Waals surface area contributed by atoms with Gasteiger partial charge in [0.05, 0.1) is 40.1 Å². The highest BCUT2D eigenvalue weighted by molar-refractivity contribution is 7.92. The fourth-order valence-electron chi connectivity index (χ4n) is 3.04. The van der Waals surface area contributed by atoms with Crippen LogP contribution in [0.3, 0.4) is 0 Å². The van der Waals surface area contributed by atoms with Crippen molar-refractivity contribution < 1.29 is 26.4 Å². The summed E-state index contributed by atoms with van der Waals surface area (Å²) in [5.74, 6) is -0.643. The minimum atomic E-state index is -3.85. The maximum absolute atomic E-state index is 12.7. The van der Waals surface area contributed by atoms with Gasteiger partial charge < -0.3 is 10.1 Å². The summed E-state index contributed by atoms with van der Waals surface area (Å²) in [5, 5.41) is 2.71. The Kier molecular flexibility index (Phi) is 7.69. The van der Waals surface area contributed by atoms with Crippen LogP contribution in [0, 0.1) is 0 Å². The van der Waals surface area contributed by atoms with Gasteiger partial charge >= 0.3 is 0 Å². The number of benzene rings is 2. The van der Waals surface area contributed by atoms with Crippen LogP contribution < -0.4 is 9.62 Å². The van der Waals surface area contributed by atoms with Crippen molar-refractivity contribution in [2.45, 2.75) is 4.90 Å². The number of amides is 1. The number of hydrogen-bond donors (Lipinski definition) is 1. The summed E-state index contributed by atoms with van der Waals surface area (Å²) in [7, 11) is -7.51. The van der Waals surface area contributed by atoms with Crippen LogP contribution in [0.2, 0.25) is 10.0 Å². The number of rotatable bonds is 7. The Morgan fingerprint density at radius 2 is 1.69 bits per heavy atom. The van der Waals surface area contributed by atoms with Crippen LogP contribution in [0.1, 0.15) is 0 Å². The molecule has 2 aromatic rings. The largest absolute Gasteiger partial charge is 0.379 e. The molecule has 0 spiro atoms. The predicted molar refractivity (Wildman–Crippen MR) is 123 cm³/mol. The molecule has 1 amide bonds. The van der Waals surface area contributed by atoms with Crippen molar-refractivity contribution in [1.82, 2.24) is 4.31 Å². The lowest BCUT2D eigenvalue weighted by Gasteiger charge is -2.26. The summed E-state index contributed by atoms with van der Waals surface area (Å²) < 4.78 is 57.2. The Balaban J connectivity index is 1.74. The van der Waals surface area contributed by atoms with Crippen molar-refractivity contribution in [2.75, 3.05) is 48.7 Å². The summed E-state index contributed by atoms with van der Waals surface area (Å²) in [6, 6.07) is 10.1. The minimum absolute atomic E-state index is 0.00469. The topological polar surface area (TPSA) is 113 Å². The average Bonchev–Trinajstić information content (AvgIpc) is 2.74. The second kappa shape index (κ2) is 9.94. The Morgan fingerprint density at radius 3 is 2.28 bits per heavy atom. The molecule has 1 aliphatic rings. The Labute approximate surface area is 197 Å². The molecule has 0 radical (unpaired) electrons. The van der Waals surface area contributed by atoms with Gasteiger partial charge in [-0.25, -0.2) is 16.8 Å². The zero-order valence-corrected chi connectivity index (χ0v) is 20.1. The lowest BCUT2D eigenvalue weighted by atomic mass is 10.3. The maximum Gasteiger partial charge on any atom is 0.245 e. The number of nitrogens with zero attached hydrogens (tertiary/aromatic N) is 2. The number of morpholine rings is 1. The van der Waals surface area contributed by atoms with Crippen LogP contribution in [-0.4, -0.2) is 66.2 Å². The SMILES string of the molecule is CS(=O)(=O)N(CC(=O)Nc1ccc(S(=O)(=O)N2CCOCC2)cc1)c1cccc(Cl)c1Cl. The van der Waals surface area contributed by atoms with Crippen molar-refractivity contribution >= 4 is 60.5 Å². The quantitative estimate of drug-likeness (QED) is 0.598. The van der Waals surface area contributed by atoms with Crippen molar-refractivity contribution in [3.8, 4) is 0 Å². The van der Waals surface area contributed by atoms with E-state index in [4.69, 9.17) is 27.9 Å². The second-order valence-electron chi connectivity index (χ2n) is 6.93. The number of nitrogens with one attached hydrogen (secondary N) is 1. The molecule has 13 heteroatoms. The lowest BCUT2D eigenvalue weighted by molar-refractivity contribution is -0.114.